The second-order valence-corrected chi connectivity index (χ2v) is 5.76. The number of piperidine rings is 1. The molecule has 1 amide bonds. The SMILES string of the molecule is O=C(c1ccc(F)c(F)c1)N1CC[C@@H]2OCc3cnnn3[C@@H]2C1. The smallest absolute Gasteiger partial charge is 0.254 e. The second kappa shape index (κ2) is 5.38. The van der Waals surface area contributed by atoms with Gasteiger partial charge in [0.05, 0.1) is 30.6 Å². The lowest BCUT2D eigenvalue weighted by atomic mass is 9.99. The molecule has 1 aromatic carbocycles. The highest BCUT2D eigenvalue weighted by Gasteiger charge is 2.38. The molecule has 0 bridgehead atoms. The van der Waals surface area contributed by atoms with E-state index in [1.54, 1.807) is 15.8 Å². The fourth-order valence-electron chi connectivity index (χ4n) is 3.18. The normalized spacial score (nSPS) is 23.3. The quantitative estimate of drug-likeness (QED) is 0.800. The molecule has 1 aromatic heterocycles. The summed E-state index contributed by atoms with van der Waals surface area (Å²) in [5, 5.41) is 7.95. The number of nitrogens with zero attached hydrogens (tertiary/aromatic N) is 4. The first kappa shape index (κ1) is 14.3. The number of rotatable bonds is 1. The molecule has 120 valence electrons. The molecular formula is C15H14F2N4O2. The Kier molecular flexibility index (Phi) is 3.33. The topological polar surface area (TPSA) is 60.3 Å². The molecule has 1 saturated heterocycles. The predicted molar refractivity (Wildman–Crippen MR) is 74.5 cm³/mol. The summed E-state index contributed by atoms with van der Waals surface area (Å²) in [6.07, 6.45) is 2.30. The van der Waals surface area contributed by atoms with E-state index in [0.29, 0.717) is 26.1 Å². The summed E-state index contributed by atoms with van der Waals surface area (Å²) in [6, 6.07) is 3.09. The molecule has 0 spiro atoms. The van der Waals surface area contributed by atoms with Crippen molar-refractivity contribution in [2.75, 3.05) is 13.1 Å². The van der Waals surface area contributed by atoms with Gasteiger partial charge in [-0.25, -0.2) is 13.5 Å². The number of benzene rings is 1. The first-order valence-corrected chi connectivity index (χ1v) is 7.38. The van der Waals surface area contributed by atoms with Crippen LogP contribution in [-0.4, -0.2) is 45.0 Å². The molecule has 1 fully saturated rings. The molecule has 6 nitrogen and oxygen atoms in total. The first-order chi connectivity index (χ1) is 11.1. The van der Waals surface area contributed by atoms with E-state index in [-0.39, 0.29) is 23.6 Å². The Morgan fingerprint density at radius 3 is 3.00 bits per heavy atom. The number of amides is 1. The van der Waals surface area contributed by atoms with E-state index < -0.39 is 11.6 Å². The van der Waals surface area contributed by atoms with Gasteiger partial charge in [-0.15, -0.1) is 5.10 Å². The van der Waals surface area contributed by atoms with Crippen LogP contribution in [0.15, 0.2) is 24.4 Å². The number of likely N-dealkylation sites (tertiary alicyclic amines) is 1. The van der Waals surface area contributed by atoms with Gasteiger partial charge >= 0.3 is 0 Å². The first-order valence-electron chi connectivity index (χ1n) is 7.38. The molecule has 23 heavy (non-hydrogen) atoms. The van der Waals surface area contributed by atoms with Crippen molar-refractivity contribution in [3.05, 3.63) is 47.3 Å². The molecule has 2 atom stereocenters. The number of carbonyl (C=O) groups is 1. The number of hydrogen-bond acceptors (Lipinski definition) is 4. The van der Waals surface area contributed by atoms with Gasteiger partial charge in [0.1, 0.15) is 0 Å². The van der Waals surface area contributed by atoms with Crippen molar-refractivity contribution in [3.8, 4) is 0 Å². The Balaban J connectivity index is 1.57. The number of ether oxygens (including phenoxy) is 1. The van der Waals surface area contributed by atoms with Crippen LogP contribution in [0.4, 0.5) is 8.78 Å². The predicted octanol–water partition coefficient (Wildman–Crippen LogP) is 1.54. The zero-order valence-corrected chi connectivity index (χ0v) is 12.2. The van der Waals surface area contributed by atoms with Crippen molar-refractivity contribution in [2.45, 2.75) is 25.2 Å². The Labute approximate surface area is 130 Å². The summed E-state index contributed by atoms with van der Waals surface area (Å²) < 4.78 is 33.9. The molecule has 4 rings (SSSR count). The van der Waals surface area contributed by atoms with Crippen molar-refractivity contribution in [1.29, 1.82) is 0 Å². The van der Waals surface area contributed by atoms with Crippen LogP contribution in [0, 0.1) is 11.6 Å². The molecular weight excluding hydrogens is 306 g/mol. The van der Waals surface area contributed by atoms with Crippen molar-refractivity contribution in [1.82, 2.24) is 19.9 Å². The summed E-state index contributed by atoms with van der Waals surface area (Å²) in [5.74, 6) is -2.31. The Morgan fingerprint density at radius 2 is 2.17 bits per heavy atom. The Morgan fingerprint density at radius 1 is 1.30 bits per heavy atom. The largest absolute Gasteiger partial charge is 0.370 e. The third-order valence-electron chi connectivity index (χ3n) is 4.38. The summed E-state index contributed by atoms with van der Waals surface area (Å²) in [7, 11) is 0. The van der Waals surface area contributed by atoms with Crippen LogP contribution in [0.25, 0.3) is 0 Å². The maximum Gasteiger partial charge on any atom is 0.254 e. The minimum atomic E-state index is -1.02. The van der Waals surface area contributed by atoms with Crippen molar-refractivity contribution >= 4 is 5.91 Å². The van der Waals surface area contributed by atoms with Gasteiger partial charge in [0.2, 0.25) is 0 Å². The molecule has 0 radical (unpaired) electrons. The number of aromatic nitrogens is 3. The minimum Gasteiger partial charge on any atom is -0.370 e. The summed E-state index contributed by atoms with van der Waals surface area (Å²) in [6.45, 7) is 1.37. The van der Waals surface area contributed by atoms with E-state index in [0.717, 1.165) is 17.8 Å². The third-order valence-corrected chi connectivity index (χ3v) is 4.38. The highest BCUT2D eigenvalue weighted by atomic mass is 19.2. The van der Waals surface area contributed by atoms with E-state index in [1.807, 2.05) is 0 Å². The van der Waals surface area contributed by atoms with Crippen LogP contribution in [0.1, 0.15) is 28.5 Å². The Bertz CT molecular complexity index is 764. The van der Waals surface area contributed by atoms with E-state index in [1.165, 1.54) is 6.07 Å². The maximum absolute atomic E-state index is 13.3. The monoisotopic (exact) mass is 320 g/mol. The lowest BCUT2D eigenvalue weighted by Crippen LogP contribution is -2.49. The van der Waals surface area contributed by atoms with Crippen molar-refractivity contribution < 1.29 is 18.3 Å². The van der Waals surface area contributed by atoms with Gasteiger partial charge in [0, 0.05) is 18.7 Å². The van der Waals surface area contributed by atoms with E-state index in [9.17, 15) is 13.6 Å². The number of carbonyl (C=O) groups excluding carboxylic acids is 1. The Hall–Kier alpha value is -2.35. The van der Waals surface area contributed by atoms with Crippen molar-refractivity contribution in [3.63, 3.8) is 0 Å². The highest BCUT2D eigenvalue weighted by Crippen LogP contribution is 2.30. The van der Waals surface area contributed by atoms with Crippen LogP contribution >= 0.6 is 0 Å². The molecule has 2 aliphatic rings. The van der Waals surface area contributed by atoms with Crippen LogP contribution in [0.2, 0.25) is 0 Å². The molecule has 2 aliphatic heterocycles. The standard InChI is InChI=1S/C15H14F2N4O2/c16-11-2-1-9(5-12(11)17)15(22)20-4-3-14-13(7-20)21-10(8-23-14)6-18-19-21/h1-2,5-6,13-14H,3-4,7-8H2/t13-,14+/m1/s1. The average Bonchev–Trinajstić information content (AvgIpc) is 3.05. The molecule has 8 heteroatoms. The van der Waals surface area contributed by atoms with Gasteiger partial charge in [0.15, 0.2) is 11.6 Å². The second-order valence-electron chi connectivity index (χ2n) is 5.76. The van der Waals surface area contributed by atoms with E-state index in [4.69, 9.17) is 4.74 Å². The number of fused-ring (bicyclic) bond motifs is 3. The van der Waals surface area contributed by atoms with Gasteiger partial charge in [0.25, 0.3) is 5.91 Å². The van der Waals surface area contributed by atoms with Crippen LogP contribution < -0.4 is 0 Å². The zero-order chi connectivity index (χ0) is 16.0. The molecule has 0 saturated carbocycles. The molecule has 3 heterocycles. The highest BCUT2D eigenvalue weighted by molar-refractivity contribution is 5.94. The third kappa shape index (κ3) is 2.39. The summed E-state index contributed by atoms with van der Waals surface area (Å²) >= 11 is 0. The van der Waals surface area contributed by atoms with Crippen LogP contribution in [0.3, 0.4) is 0 Å². The maximum atomic E-state index is 13.3. The van der Waals surface area contributed by atoms with Crippen LogP contribution in [0.5, 0.6) is 0 Å². The summed E-state index contributed by atoms with van der Waals surface area (Å²) in [5.41, 5.74) is 1.01. The van der Waals surface area contributed by atoms with E-state index >= 15 is 0 Å². The molecule has 0 aliphatic carbocycles. The van der Waals surface area contributed by atoms with Gasteiger partial charge < -0.3 is 9.64 Å². The average molecular weight is 320 g/mol. The van der Waals surface area contributed by atoms with Gasteiger partial charge in [-0.2, -0.15) is 0 Å². The molecule has 2 aromatic rings. The van der Waals surface area contributed by atoms with Gasteiger partial charge in [-0.3, -0.25) is 4.79 Å². The van der Waals surface area contributed by atoms with Gasteiger partial charge in [-0.05, 0) is 24.6 Å². The summed E-state index contributed by atoms with van der Waals surface area (Å²) in [4.78, 5) is 14.2. The number of hydrogen-bond donors (Lipinski definition) is 0. The molecule has 0 N–H and O–H groups in total. The van der Waals surface area contributed by atoms with Crippen LogP contribution in [-0.2, 0) is 11.3 Å². The lowest BCUT2D eigenvalue weighted by molar-refractivity contribution is -0.0605. The van der Waals surface area contributed by atoms with Crippen molar-refractivity contribution in [2.24, 2.45) is 0 Å². The van der Waals surface area contributed by atoms with E-state index in [2.05, 4.69) is 10.3 Å². The lowest BCUT2D eigenvalue weighted by Gasteiger charge is -2.41. The molecule has 0 unspecified atom stereocenters. The number of halogens is 2. The fraction of sp³-hybridized carbons (Fsp3) is 0.400. The van der Waals surface area contributed by atoms with Gasteiger partial charge in [-0.1, -0.05) is 5.21 Å². The zero-order valence-electron chi connectivity index (χ0n) is 12.2. The fourth-order valence-corrected chi connectivity index (χ4v) is 3.18. The minimum absolute atomic E-state index is 0.0156.